The number of carbonyl (C=O) groups excluding carboxylic acids is 1. The number of likely N-dealkylation sites (tertiary alicyclic amines) is 1. The Morgan fingerprint density at radius 1 is 1.09 bits per heavy atom. The molecule has 0 bridgehead atoms. The van der Waals surface area contributed by atoms with E-state index in [2.05, 4.69) is 38.8 Å². The number of nitrogens with zero attached hydrogens (tertiary/aromatic N) is 4. The van der Waals surface area contributed by atoms with Crippen LogP contribution in [0.4, 0.5) is 0 Å². The number of fused-ring (bicyclic) bond motifs is 3. The molecule has 6 nitrogen and oxygen atoms in total. The molecule has 0 unspecified atom stereocenters. The van der Waals surface area contributed by atoms with Crippen molar-refractivity contribution >= 4 is 5.91 Å². The fourth-order valence-corrected chi connectivity index (χ4v) is 6.25. The fourth-order valence-electron chi connectivity index (χ4n) is 6.25. The van der Waals surface area contributed by atoms with Crippen LogP contribution in [0, 0.1) is 11.3 Å². The lowest BCUT2D eigenvalue weighted by molar-refractivity contribution is -0.164. The van der Waals surface area contributed by atoms with Crippen molar-refractivity contribution in [3.05, 3.63) is 72.4 Å². The van der Waals surface area contributed by atoms with Crippen molar-refractivity contribution in [2.75, 3.05) is 13.1 Å². The number of carbonyl (C=O) groups is 1. The SMILES string of the molecule is O=C(CCc1cccnc1)N1CCC2(CC1)C[C@@H]([C@H]1c3ccccc3-c3cncn31)[C@H]2O. The van der Waals surface area contributed by atoms with Crippen LogP contribution in [0.2, 0.25) is 0 Å². The summed E-state index contributed by atoms with van der Waals surface area (Å²) in [5, 5.41) is 11.4. The third-order valence-corrected chi connectivity index (χ3v) is 8.06. The Balaban J connectivity index is 1.10. The number of imidazole rings is 1. The maximum absolute atomic E-state index is 12.7. The van der Waals surface area contributed by atoms with Crippen molar-refractivity contribution in [1.29, 1.82) is 0 Å². The number of rotatable bonds is 4. The minimum Gasteiger partial charge on any atom is -0.392 e. The molecule has 3 aromatic rings. The van der Waals surface area contributed by atoms with Gasteiger partial charge in [0.25, 0.3) is 0 Å². The van der Waals surface area contributed by atoms with Crippen LogP contribution >= 0.6 is 0 Å². The first kappa shape index (κ1) is 19.7. The number of amides is 1. The van der Waals surface area contributed by atoms with Crippen molar-refractivity contribution in [3.63, 3.8) is 0 Å². The molecule has 32 heavy (non-hydrogen) atoms. The number of pyridine rings is 1. The summed E-state index contributed by atoms with van der Waals surface area (Å²) in [7, 11) is 0. The third kappa shape index (κ3) is 3.00. The highest BCUT2D eigenvalue weighted by atomic mass is 16.3. The highest BCUT2D eigenvalue weighted by molar-refractivity contribution is 5.76. The molecule has 1 saturated heterocycles. The molecule has 6 rings (SSSR count). The van der Waals surface area contributed by atoms with Crippen LogP contribution < -0.4 is 0 Å². The van der Waals surface area contributed by atoms with Crippen molar-refractivity contribution in [2.45, 2.75) is 44.2 Å². The van der Waals surface area contributed by atoms with Gasteiger partial charge in [-0.2, -0.15) is 0 Å². The van der Waals surface area contributed by atoms with Crippen LogP contribution in [-0.2, 0) is 11.2 Å². The van der Waals surface area contributed by atoms with Gasteiger partial charge in [-0.25, -0.2) is 4.98 Å². The molecule has 6 heteroatoms. The van der Waals surface area contributed by atoms with E-state index in [-0.39, 0.29) is 29.4 Å². The van der Waals surface area contributed by atoms with Gasteiger partial charge in [0.15, 0.2) is 0 Å². The monoisotopic (exact) mass is 428 g/mol. The number of aromatic nitrogens is 3. The van der Waals surface area contributed by atoms with Crippen LogP contribution in [0.5, 0.6) is 0 Å². The predicted molar refractivity (Wildman–Crippen MR) is 121 cm³/mol. The average molecular weight is 429 g/mol. The maximum Gasteiger partial charge on any atom is 0.222 e. The highest BCUT2D eigenvalue weighted by Crippen LogP contribution is 2.59. The van der Waals surface area contributed by atoms with E-state index in [1.807, 2.05) is 35.8 Å². The lowest BCUT2D eigenvalue weighted by Gasteiger charge is -2.58. The molecule has 1 N–H and O–H groups in total. The van der Waals surface area contributed by atoms with Gasteiger partial charge in [0.05, 0.1) is 30.4 Å². The normalized spacial score (nSPS) is 25.3. The van der Waals surface area contributed by atoms with Crippen LogP contribution in [-0.4, -0.2) is 49.6 Å². The number of benzene rings is 1. The highest BCUT2D eigenvalue weighted by Gasteiger charge is 2.58. The van der Waals surface area contributed by atoms with Crippen LogP contribution in [0.25, 0.3) is 11.3 Å². The summed E-state index contributed by atoms with van der Waals surface area (Å²) in [5.41, 5.74) is 4.72. The third-order valence-electron chi connectivity index (χ3n) is 8.06. The van der Waals surface area contributed by atoms with Gasteiger partial charge in [0.2, 0.25) is 5.91 Å². The standard InChI is InChI=1S/C26H28N4O2/c31-23(8-7-18-4-3-11-27-15-18)29-12-9-26(10-13-29)14-21(25(26)32)24-20-6-2-1-5-19(20)22-16-28-17-30(22)24/h1-6,11,15-17,21,24-25,32H,7-10,12-14H2/t21-,24+,25+/m0/s1. The number of hydrogen-bond acceptors (Lipinski definition) is 4. The van der Waals surface area contributed by atoms with Gasteiger partial charge in [-0.15, -0.1) is 0 Å². The van der Waals surface area contributed by atoms with Crippen LogP contribution in [0.1, 0.15) is 42.9 Å². The van der Waals surface area contributed by atoms with Gasteiger partial charge in [0, 0.05) is 48.8 Å². The van der Waals surface area contributed by atoms with E-state index in [4.69, 9.17) is 0 Å². The summed E-state index contributed by atoms with van der Waals surface area (Å²) in [6.07, 6.45) is 11.1. The minimum atomic E-state index is -0.346. The van der Waals surface area contributed by atoms with Crippen molar-refractivity contribution in [3.8, 4) is 11.3 Å². The molecule has 1 aliphatic carbocycles. The van der Waals surface area contributed by atoms with Gasteiger partial charge in [-0.3, -0.25) is 9.78 Å². The number of aryl methyl sites for hydroxylation is 1. The first-order chi connectivity index (χ1) is 15.7. The smallest absolute Gasteiger partial charge is 0.222 e. The Hall–Kier alpha value is -2.99. The molecule has 1 saturated carbocycles. The molecule has 2 aromatic heterocycles. The summed E-state index contributed by atoms with van der Waals surface area (Å²) < 4.78 is 2.24. The van der Waals surface area contributed by atoms with Gasteiger partial charge in [-0.1, -0.05) is 30.3 Å². The molecule has 1 amide bonds. The van der Waals surface area contributed by atoms with E-state index in [9.17, 15) is 9.90 Å². The molecule has 1 aromatic carbocycles. The molecule has 2 aliphatic heterocycles. The minimum absolute atomic E-state index is 0.0525. The zero-order valence-corrected chi connectivity index (χ0v) is 18.1. The molecule has 164 valence electrons. The average Bonchev–Trinajstić information content (AvgIpc) is 3.43. The Kier molecular flexibility index (Phi) is 4.65. The second-order valence-electron chi connectivity index (χ2n) is 9.64. The van der Waals surface area contributed by atoms with E-state index in [1.165, 1.54) is 11.1 Å². The summed E-state index contributed by atoms with van der Waals surface area (Å²) in [6, 6.07) is 12.6. The Morgan fingerprint density at radius 2 is 1.94 bits per heavy atom. The summed E-state index contributed by atoms with van der Waals surface area (Å²) in [4.78, 5) is 23.2. The van der Waals surface area contributed by atoms with E-state index in [0.717, 1.165) is 50.0 Å². The summed E-state index contributed by atoms with van der Waals surface area (Å²) in [6.45, 7) is 1.49. The molecule has 3 atom stereocenters. The second-order valence-corrected chi connectivity index (χ2v) is 9.64. The predicted octanol–water partition coefficient (Wildman–Crippen LogP) is 3.47. The van der Waals surface area contributed by atoms with Gasteiger partial charge in [-0.05, 0) is 42.9 Å². The topological polar surface area (TPSA) is 71.2 Å². The fraction of sp³-hybridized carbons (Fsp3) is 0.423. The number of hydrogen-bond donors (Lipinski definition) is 1. The lowest BCUT2D eigenvalue weighted by atomic mass is 9.53. The molecule has 2 fully saturated rings. The lowest BCUT2D eigenvalue weighted by Crippen LogP contribution is -2.59. The van der Waals surface area contributed by atoms with E-state index >= 15 is 0 Å². The number of aliphatic hydroxyl groups is 1. The van der Waals surface area contributed by atoms with Crippen LogP contribution in [0.15, 0.2) is 61.3 Å². The quantitative estimate of drug-likeness (QED) is 0.691. The number of aliphatic hydroxyl groups excluding tert-OH is 1. The molecular weight excluding hydrogens is 400 g/mol. The Morgan fingerprint density at radius 3 is 2.72 bits per heavy atom. The van der Waals surface area contributed by atoms with Gasteiger partial charge in [0.1, 0.15) is 0 Å². The van der Waals surface area contributed by atoms with Crippen LogP contribution in [0.3, 0.4) is 0 Å². The molecule has 3 aliphatic rings. The molecule has 4 heterocycles. The molecule has 1 spiro atoms. The first-order valence-electron chi connectivity index (χ1n) is 11.6. The van der Waals surface area contributed by atoms with E-state index in [1.54, 1.807) is 6.20 Å². The zero-order valence-electron chi connectivity index (χ0n) is 18.1. The van der Waals surface area contributed by atoms with E-state index < -0.39 is 0 Å². The van der Waals surface area contributed by atoms with Crippen molar-refractivity contribution in [2.24, 2.45) is 11.3 Å². The first-order valence-corrected chi connectivity index (χ1v) is 11.6. The molecular formula is C26H28N4O2. The van der Waals surface area contributed by atoms with Crippen molar-refractivity contribution in [1.82, 2.24) is 19.4 Å². The van der Waals surface area contributed by atoms with Gasteiger partial charge >= 0.3 is 0 Å². The Labute approximate surface area is 187 Å². The Bertz CT molecular complexity index is 1130. The van der Waals surface area contributed by atoms with Gasteiger partial charge < -0.3 is 14.6 Å². The maximum atomic E-state index is 12.7. The molecule has 0 radical (unpaired) electrons. The second kappa shape index (κ2) is 7.55. The summed E-state index contributed by atoms with van der Waals surface area (Å²) >= 11 is 0. The zero-order chi connectivity index (χ0) is 21.7. The van der Waals surface area contributed by atoms with Crippen molar-refractivity contribution < 1.29 is 9.90 Å². The summed E-state index contributed by atoms with van der Waals surface area (Å²) in [5.74, 6) is 0.404. The number of piperidine rings is 1. The largest absolute Gasteiger partial charge is 0.392 e. The van der Waals surface area contributed by atoms with E-state index in [0.29, 0.717) is 6.42 Å².